The number of carbonyl (C=O) groups excluding carboxylic acids is 4. The summed E-state index contributed by atoms with van der Waals surface area (Å²) in [7, 11) is 0. The van der Waals surface area contributed by atoms with Gasteiger partial charge in [-0.05, 0) is 48.3 Å². The monoisotopic (exact) mass is 535 g/mol. The molecule has 0 bridgehead atoms. The van der Waals surface area contributed by atoms with Gasteiger partial charge in [0.05, 0.1) is 12.3 Å². The first kappa shape index (κ1) is 27.0. The summed E-state index contributed by atoms with van der Waals surface area (Å²) >= 11 is 0. The van der Waals surface area contributed by atoms with Crippen molar-refractivity contribution in [2.24, 2.45) is 28.6 Å². The maximum atomic E-state index is 14.0. The lowest BCUT2D eigenvalue weighted by molar-refractivity contribution is -0.143. The molecule has 11 nitrogen and oxygen atoms in total. The van der Waals surface area contributed by atoms with Crippen LogP contribution in [0.4, 0.5) is 0 Å². The minimum Gasteiger partial charge on any atom is -0.350 e. The lowest BCUT2D eigenvalue weighted by atomic mass is 9.85. The van der Waals surface area contributed by atoms with Gasteiger partial charge in [-0.2, -0.15) is 5.26 Å². The summed E-state index contributed by atoms with van der Waals surface area (Å²) in [4.78, 5) is 62.6. The van der Waals surface area contributed by atoms with Gasteiger partial charge in [0, 0.05) is 30.4 Å². The molecular weight excluding hydrogens is 498 g/mol. The van der Waals surface area contributed by atoms with Crippen LogP contribution >= 0.6 is 0 Å². The molecule has 4 amide bonds. The molecule has 0 radical (unpaired) electrons. The van der Waals surface area contributed by atoms with Crippen LogP contribution in [-0.4, -0.2) is 68.7 Å². The second-order valence-corrected chi connectivity index (χ2v) is 13.3. The van der Waals surface area contributed by atoms with Crippen LogP contribution in [0.2, 0.25) is 0 Å². The van der Waals surface area contributed by atoms with E-state index in [0.29, 0.717) is 13.0 Å². The highest BCUT2D eigenvalue weighted by Crippen LogP contribution is 2.65. The number of nitriles is 1. The Morgan fingerprint density at radius 1 is 1.23 bits per heavy atom. The van der Waals surface area contributed by atoms with Gasteiger partial charge in [0.2, 0.25) is 17.7 Å². The maximum absolute atomic E-state index is 14.0. The molecule has 3 N–H and O–H groups in total. The van der Waals surface area contributed by atoms with Crippen LogP contribution in [0, 0.1) is 39.9 Å². The van der Waals surface area contributed by atoms with E-state index in [1.54, 1.807) is 4.90 Å². The fourth-order valence-corrected chi connectivity index (χ4v) is 6.58. The summed E-state index contributed by atoms with van der Waals surface area (Å²) in [5, 5.41) is 18.5. The van der Waals surface area contributed by atoms with E-state index in [-0.39, 0.29) is 58.5 Å². The Morgan fingerprint density at radius 2 is 1.95 bits per heavy atom. The first-order valence-corrected chi connectivity index (χ1v) is 13.7. The number of carbonyl (C=O) groups is 4. The zero-order chi connectivity index (χ0) is 28.3. The Labute approximate surface area is 228 Å². The summed E-state index contributed by atoms with van der Waals surface area (Å²) in [6, 6.07) is -0.363. The molecule has 2 saturated heterocycles. The molecule has 208 valence electrons. The molecule has 1 aromatic rings. The van der Waals surface area contributed by atoms with Crippen LogP contribution < -0.4 is 16.0 Å². The van der Waals surface area contributed by atoms with Gasteiger partial charge >= 0.3 is 0 Å². The number of aromatic nitrogens is 2. The predicted molar refractivity (Wildman–Crippen MR) is 139 cm³/mol. The lowest BCUT2D eigenvalue weighted by Gasteiger charge is -2.37. The lowest BCUT2D eigenvalue weighted by Crippen LogP contribution is -2.59. The molecule has 5 rings (SSSR count). The molecule has 2 aliphatic carbocycles. The van der Waals surface area contributed by atoms with E-state index in [1.165, 1.54) is 18.6 Å². The van der Waals surface area contributed by atoms with Gasteiger partial charge in [-0.25, -0.2) is 4.98 Å². The van der Waals surface area contributed by atoms with Crippen LogP contribution in [0.5, 0.6) is 0 Å². The number of fused-ring (bicyclic) bond motifs is 1. The van der Waals surface area contributed by atoms with E-state index in [0.717, 1.165) is 12.8 Å². The summed E-state index contributed by atoms with van der Waals surface area (Å²) < 4.78 is 0. The van der Waals surface area contributed by atoms with Crippen molar-refractivity contribution >= 4 is 23.6 Å². The topological polar surface area (TPSA) is 157 Å². The molecule has 3 heterocycles. The number of nitrogens with zero attached hydrogens (tertiary/aromatic N) is 4. The van der Waals surface area contributed by atoms with Gasteiger partial charge in [0.25, 0.3) is 5.91 Å². The van der Waals surface area contributed by atoms with Crippen molar-refractivity contribution in [3.63, 3.8) is 0 Å². The van der Waals surface area contributed by atoms with Gasteiger partial charge in [-0.1, -0.05) is 34.6 Å². The molecule has 2 aliphatic heterocycles. The highest BCUT2D eigenvalue weighted by Gasteiger charge is 2.70. The molecule has 4 fully saturated rings. The van der Waals surface area contributed by atoms with E-state index in [2.05, 4.69) is 45.8 Å². The average Bonchev–Trinajstić information content (AvgIpc) is 3.60. The van der Waals surface area contributed by atoms with Gasteiger partial charge < -0.3 is 20.9 Å². The van der Waals surface area contributed by atoms with Gasteiger partial charge in [-0.15, -0.1) is 0 Å². The van der Waals surface area contributed by atoms with Gasteiger partial charge in [0.1, 0.15) is 23.8 Å². The molecule has 6 atom stereocenters. The van der Waals surface area contributed by atoms with E-state index in [9.17, 15) is 24.4 Å². The normalized spacial score (nSPS) is 29.0. The number of amides is 4. The smallest absolute Gasteiger partial charge is 0.272 e. The third kappa shape index (κ3) is 4.97. The maximum Gasteiger partial charge on any atom is 0.272 e. The molecule has 4 aliphatic rings. The average molecular weight is 536 g/mol. The van der Waals surface area contributed by atoms with Crippen molar-refractivity contribution in [3.8, 4) is 6.07 Å². The summed E-state index contributed by atoms with van der Waals surface area (Å²) in [5.74, 6) is -1.54. The van der Waals surface area contributed by atoms with E-state index < -0.39 is 29.4 Å². The number of piperidine rings is 1. The van der Waals surface area contributed by atoms with Crippen molar-refractivity contribution in [1.29, 1.82) is 5.26 Å². The molecular formula is C28H37N7O4. The Bertz CT molecular complexity index is 1230. The number of hydrogen-bond acceptors (Lipinski definition) is 7. The first-order chi connectivity index (χ1) is 18.3. The Kier molecular flexibility index (Phi) is 6.43. The van der Waals surface area contributed by atoms with Crippen molar-refractivity contribution in [1.82, 2.24) is 30.8 Å². The molecule has 1 aromatic heterocycles. The number of hydrogen-bond donors (Lipinski definition) is 3. The van der Waals surface area contributed by atoms with Crippen LogP contribution in [0.1, 0.15) is 70.8 Å². The van der Waals surface area contributed by atoms with E-state index in [1.807, 2.05) is 20.8 Å². The number of rotatable bonds is 7. The standard InChI is InChI=1S/C28H37N7O4/c1-26(2,3)21(33-23(37)18-13-30-8-9-31-18)25(39)35-14-17-19(27(17,4)5)20(35)24(38)32-16(12-29)10-15-11-28(6-7-28)34-22(15)36/h8-9,13,15-17,19-21H,6-7,10-11,14H2,1-5H3,(H,32,38)(H,33,37)(H,34,36)/t15-,16+,17+,19+,20+,21-/m1/s1. The van der Waals surface area contributed by atoms with Crippen LogP contribution in [-0.2, 0) is 14.4 Å². The van der Waals surface area contributed by atoms with Crippen LogP contribution in [0.15, 0.2) is 18.6 Å². The number of nitrogens with one attached hydrogen (secondary N) is 3. The van der Waals surface area contributed by atoms with Crippen LogP contribution in [0.25, 0.3) is 0 Å². The fraction of sp³-hybridized carbons (Fsp3) is 0.679. The van der Waals surface area contributed by atoms with Crippen molar-refractivity contribution < 1.29 is 19.2 Å². The summed E-state index contributed by atoms with van der Waals surface area (Å²) in [5.41, 5.74) is -0.781. The van der Waals surface area contributed by atoms with Gasteiger partial charge in [0.15, 0.2) is 0 Å². The Morgan fingerprint density at radius 3 is 2.51 bits per heavy atom. The minimum atomic E-state index is -0.911. The van der Waals surface area contributed by atoms with E-state index in [4.69, 9.17) is 0 Å². The Hall–Kier alpha value is -3.55. The third-order valence-corrected chi connectivity index (χ3v) is 9.19. The largest absolute Gasteiger partial charge is 0.350 e. The predicted octanol–water partition coefficient (Wildman–Crippen LogP) is 1.17. The van der Waals surface area contributed by atoms with Crippen LogP contribution in [0.3, 0.4) is 0 Å². The highest BCUT2D eigenvalue weighted by molar-refractivity contribution is 5.98. The number of likely N-dealkylation sites (tertiary alicyclic amines) is 1. The summed E-state index contributed by atoms with van der Waals surface area (Å²) in [6.07, 6.45) is 7.04. The zero-order valence-electron chi connectivity index (χ0n) is 23.2. The molecule has 0 unspecified atom stereocenters. The highest BCUT2D eigenvalue weighted by atomic mass is 16.2. The van der Waals surface area contributed by atoms with E-state index >= 15 is 0 Å². The second-order valence-electron chi connectivity index (χ2n) is 13.3. The molecule has 1 spiro atoms. The van der Waals surface area contributed by atoms with Crippen molar-refractivity contribution in [3.05, 3.63) is 24.3 Å². The molecule has 11 heteroatoms. The first-order valence-electron chi connectivity index (χ1n) is 13.7. The summed E-state index contributed by atoms with van der Waals surface area (Å²) in [6.45, 7) is 10.1. The Balaban J connectivity index is 1.32. The zero-order valence-corrected chi connectivity index (χ0v) is 23.2. The molecule has 2 saturated carbocycles. The third-order valence-electron chi connectivity index (χ3n) is 9.19. The van der Waals surface area contributed by atoms with Gasteiger partial charge in [-0.3, -0.25) is 24.2 Å². The molecule has 0 aromatic carbocycles. The van der Waals surface area contributed by atoms with Crippen molar-refractivity contribution in [2.75, 3.05) is 6.54 Å². The fourth-order valence-electron chi connectivity index (χ4n) is 6.58. The quantitative estimate of drug-likeness (QED) is 0.473. The SMILES string of the molecule is CC(C)(C)[C@H](NC(=O)c1cnccn1)C(=O)N1C[C@H]2[C@@H]([C@H]1C(=O)N[C@H](C#N)C[C@@H]1CC3(CC3)NC1=O)C2(C)C. The second kappa shape index (κ2) is 9.28. The van der Waals surface area contributed by atoms with Crippen molar-refractivity contribution in [2.45, 2.75) is 84.0 Å². The minimum absolute atomic E-state index is 0.0541. The molecule has 39 heavy (non-hydrogen) atoms.